The van der Waals surface area contributed by atoms with Gasteiger partial charge in [-0.2, -0.15) is 0 Å². The molecule has 0 amide bonds. The lowest BCUT2D eigenvalue weighted by atomic mass is 9.80. The Morgan fingerprint density at radius 2 is 0.697 bits per heavy atom. The van der Waals surface area contributed by atoms with E-state index in [4.69, 9.17) is 18.9 Å². The van der Waals surface area contributed by atoms with Crippen LogP contribution >= 0.6 is 0 Å². The van der Waals surface area contributed by atoms with Gasteiger partial charge in [0.05, 0.1) is 41.7 Å². The van der Waals surface area contributed by atoms with Crippen molar-refractivity contribution in [3.63, 3.8) is 0 Å². The zero-order chi connectivity index (χ0) is 73.2. The van der Waals surface area contributed by atoms with E-state index in [9.17, 15) is 10.2 Å². The molecule has 0 saturated carbocycles. The summed E-state index contributed by atoms with van der Waals surface area (Å²) in [5.74, 6) is 3.62. The third-order valence-corrected chi connectivity index (χ3v) is 18.2. The van der Waals surface area contributed by atoms with Gasteiger partial charge in [-0.15, -0.1) is 0 Å². The number of benzene rings is 12. The molecule has 12 aromatic carbocycles. The maximum absolute atomic E-state index is 9.66. The van der Waals surface area contributed by atoms with Gasteiger partial charge in [-0.3, -0.25) is 0 Å². The predicted molar refractivity (Wildman–Crippen MR) is 428 cm³/mol. The first-order valence-corrected chi connectivity index (χ1v) is 34.9. The Bertz CT molecular complexity index is 4710. The van der Waals surface area contributed by atoms with Crippen LogP contribution in [-0.4, -0.2) is 38.7 Å². The first-order chi connectivity index (χ1) is 46.4. The van der Waals surface area contributed by atoms with Crippen LogP contribution in [0, 0.1) is 20.8 Å². The molecule has 0 bridgehead atoms. The van der Waals surface area contributed by atoms with Crippen LogP contribution in [0.3, 0.4) is 0 Å². The molecule has 0 saturated heterocycles. The highest BCUT2D eigenvalue weighted by Crippen LogP contribution is 2.43. The summed E-state index contributed by atoms with van der Waals surface area (Å²) in [4.78, 5) is 0. The Kier molecular flexibility index (Phi) is 25.2. The predicted octanol–water partition coefficient (Wildman–Crippen LogP) is 24.8. The molecule has 0 aromatic heterocycles. The van der Waals surface area contributed by atoms with Gasteiger partial charge < -0.3 is 29.2 Å². The third-order valence-electron chi connectivity index (χ3n) is 18.2. The lowest BCUT2D eigenvalue weighted by Crippen LogP contribution is -2.15. The largest absolute Gasteiger partial charge is 0.496 e. The summed E-state index contributed by atoms with van der Waals surface area (Å²) < 4.78 is 22.0. The second kappa shape index (κ2) is 32.1. The van der Waals surface area contributed by atoms with Gasteiger partial charge in [0.15, 0.2) is 0 Å². The van der Waals surface area contributed by atoms with E-state index >= 15 is 0 Å². The van der Waals surface area contributed by atoms with Crippen molar-refractivity contribution < 1.29 is 29.2 Å². The van der Waals surface area contributed by atoms with E-state index in [-0.39, 0.29) is 45.7 Å². The number of hydrogen-bond acceptors (Lipinski definition) is 6. The van der Waals surface area contributed by atoms with Crippen LogP contribution in [0.5, 0.6) is 23.0 Å². The molecule has 99 heavy (non-hydrogen) atoms. The average Bonchev–Trinajstić information content (AvgIpc) is 0.786. The Labute approximate surface area is 594 Å². The molecule has 0 unspecified atom stereocenters. The highest BCUT2D eigenvalue weighted by Gasteiger charge is 2.26. The number of rotatable bonds is 6. The van der Waals surface area contributed by atoms with Crippen LogP contribution in [-0.2, 0) is 45.7 Å². The number of ether oxygens (including phenoxy) is 4. The van der Waals surface area contributed by atoms with Gasteiger partial charge in [-0.25, -0.2) is 0 Å². The number of aryl methyl sites for hydroxylation is 3. The topological polar surface area (TPSA) is 77.4 Å². The molecule has 0 atom stereocenters. The molecule has 0 radical (unpaired) electrons. The minimum atomic E-state index is -0.0160. The van der Waals surface area contributed by atoms with Crippen LogP contribution in [0.1, 0.15) is 186 Å². The standard InChI is InChI=1S/C17H22O2.C16H20O2.2C15H18O.2C15H18/c1-11-6-7-13-14(8-11)15(19-5)9-12(10-18)16(13)17(2,3)4;1-16(2,3)13-10-14(17-4)11-8-6-7-9-12(11)15(13)18-5;1-15(2,3)13-9-10-14(16-4)12-8-6-5-7-11(12)13;1-15(2,3)14-12(10-16)9-8-11-6-4-5-7-13(11)14;1-11-5-6-13-10-14(15(2,3)4)8-7-12(13)9-11;1-11-8-9-13-12(10-11)6-5-7-14(13)15(2,3)4/h6-9,18H,10H2,1-5H3;6-10H,1-5H3;5-10H,1-4H3;4-9,16H,10H2,1-3H3;2*5-10H,1-4H3. The second-order valence-electron chi connectivity index (χ2n) is 32.5. The lowest BCUT2D eigenvalue weighted by Gasteiger charge is -2.26. The van der Waals surface area contributed by atoms with Gasteiger partial charge in [-0.1, -0.05) is 317 Å². The maximum atomic E-state index is 9.66. The van der Waals surface area contributed by atoms with Crippen molar-refractivity contribution in [2.24, 2.45) is 0 Å². The van der Waals surface area contributed by atoms with E-state index in [0.29, 0.717) is 0 Å². The highest BCUT2D eigenvalue weighted by molar-refractivity contribution is 5.96. The second-order valence-corrected chi connectivity index (χ2v) is 32.5. The van der Waals surface area contributed by atoms with Crippen LogP contribution in [0.15, 0.2) is 200 Å². The summed E-state index contributed by atoms with van der Waals surface area (Å²) in [5.41, 5.74) is 14.3. The van der Waals surface area contributed by atoms with Crippen LogP contribution in [0.25, 0.3) is 64.6 Å². The van der Waals surface area contributed by atoms with Gasteiger partial charge in [0.2, 0.25) is 0 Å². The van der Waals surface area contributed by atoms with Gasteiger partial charge in [0.1, 0.15) is 23.0 Å². The number of aliphatic hydroxyl groups excluding tert-OH is 2. The lowest BCUT2D eigenvalue weighted by molar-refractivity contribution is 0.278. The zero-order valence-electron chi connectivity index (χ0n) is 64.5. The van der Waals surface area contributed by atoms with Crippen molar-refractivity contribution in [3.05, 3.63) is 261 Å². The molecule has 522 valence electrons. The zero-order valence-corrected chi connectivity index (χ0v) is 64.5. The molecular weight excluding hydrogens is 1210 g/mol. The van der Waals surface area contributed by atoms with E-state index < -0.39 is 0 Å². The molecule has 0 aliphatic carbocycles. The average molecular weight is 1330 g/mol. The minimum Gasteiger partial charge on any atom is -0.496 e. The van der Waals surface area contributed by atoms with Gasteiger partial charge in [-0.05, 0) is 160 Å². The smallest absolute Gasteiger partial charge is 0.130 e. The first-order valence-electron chi connectivity index (χ1n) is 34.9. The van der Waals surface area contributed by atoms with E-state index in [1.54, 1.807) is 28.4 Å². The normalized spacial score (nSPS) is 11.9. The fraction of sp³-hybridized carbons (Fsp3) is 0.355. The molecule has 0 fully saturated rings. The Morgan fingerprint density at radius 3 is 1.23 bits per heavy atom. The van der Waals surface area contributed by atoms with Crippen molar-refractivity contribution >= 4 is 64.6 Å². The van der Waals surface area contributed by atoms with E-state index in [0.717, 1.165) is 50.3 Å². The van der Waals surface area contributed by atoms with E-state index in [2.05, 4.69) is 315 Å². The number of hydrogen-bond donors (Lipinski definition) is 2. The van der Waals surface area contributed by atoms with Crippen molar-refractivity contribution in [2.45, 2.75) is 191 Å². The number of aliphatic hydroxyl groups is 2. The molecule has 12 aromatic rings. The van der Waals surface area contributed by atoms with Crippen molar-refractivity contribution in [1.82, 2.24) is 0 Å². The molecular formula is C93H114O6. The van der Waals surface area contributed by atoms with E-state index in [1.807, 2.05) is 30.3 Å². The summed E-state index contributed by atoms with van der Waals surface area (Å²) in [7, 11) is 6.83. The number of methoxy groups -OCH3 is 4. The van der Waals surface area contributed by atoms with Crippen LogP contribution < -0.4 is 18.9 Å². The van der Waals surface area contributed by atoms with Gasteiger partial charge in [0.25, 0.3) is 0 Å². The van der Waals surface area contributed by atoms with Crippen LogP contribution in [0.2, 0.25) is 0 Å². The summed E-state index contributed by atoms with van der Waals surface area (Å²) in [6.07, 6.45) is 0. The summed E-state index contributed by atoms with van der Waals surface area (Å²) >= 11 is 0. The SMILES string of the molecule is CC(C)(C)c1c(CO)ccc2ccccc12.COc1cc(C(C)(C)C)c(OC)c2ccccc12.COc1cc(CO)c(C(C)(C)C)c2ccc(C)cc12.COc1ccc(C(C)(C)C)c2ccccc12.Cc1ccc2c(C(C)(C)C)cccc2c1.Cc1ccc2cc(C(C)(C)C)ccc2c1. The quantitative estimate of drug-likeness (QED) is 0.173. The van der Waals surface area contributed by atoms with Crippen molar-refractivity contribution in [1.29, 1.82) is 0 Å². The molecule has 2 N–H and O–H groups in total. The van der Waals surface area contributed by atoms with Crippen molar-refractivity contribution in [3.8, 4) is 23.0 Å². The fourth-order valence-electron chi connectivity index (χ4n) is 13.3. The molecule has 0 aliphatic heterocycles. The first kappa shape index (κ1) is 77.7. The Morgan fingerprint density at radius 1 is 0.263 bits per heavy atom. The molecule has 6 nitrogen and oxygen atoms in total. The Hall–Kier alpha value is -8.68. The number of fused-ring (bicyclic) bond motifs is 6. The molecule has 6 heteroatoms. The summed E-state index contributed by atoms with van der Waals surface area (Å²) in [6.45, 7) is 46.4. The monoisotopic (exact) mass is 1330 g/mol. The third kappa shape index (κ3) is 19.2. The molecule has 0 spiro atoms. The molecule has 0 heterocycles. The molecule has 12 rings (SSSR count). The van der Waals surface area contributed by atoms with E-state index in [1.165, 1.54) is 98.5 Å². The summed E-state index contributed by atoms with van der Waals surface area (Å²) in [5, 5.41) is 34.0. The minimum absolute atomic E-state index is 0.0160. The summed E-state index contributed by atoms with van der Waals surface area (Å²) in [6, 6.07) is 70.4. The molecule has 0 aliphatic rings. The van der Waals surface area contributed by atoms with Crippen molar-refractivity contribution in [2.75, 3.05) is 28.4 Å². The van der Waals surface area contributed by atoms with Crippen LogP contribution in [0.4, 0.5) is 0 Å². The maximum Gasteiger partial charge on any atom is 0.130 e. The fourth-order valence-corrected chi connectivity index (χ4v) is 13.3. The van der Waals surface area contributed by atoms with Gasteiger partial charge >= 0.3 is 0 Å². The van der Waals surface area contributed by atoms with Gasteiger partial charge in [0, 0.05) is 27.1 Å². The Balaban J connectivity index is 0.000000167. The highest BCUT2D eigenvalue weighted by atomic mass is 16.5.